The summed E-state index contributed by atoms with van der Waals surface area (Å²) in [6.07, 6.45) is 0. The molecule has 0 aliphatic carbocycles. The summed E-state index contributed by atoms with van der Waals surface area (Å²) in [5.41, 5.74) is 0. The summed E-state index contributed by atoms with van der Waals surface area (Å²) in [5.74, 6) is 1.83. The number of methoxy groups -OCH3 is 1. The van der Waals surface area contributed by atoms with Gasteiger partial charge in [0.15, 0.2) is 0 Å². The van der Waals surface area contributed by atoms with E-state index in [-0.39, 0.29) is 5.92 Å². The number of nitrogens with zero attached hydrogens (tertiary/aromatic N) is 2. The highest BCUT2D eigenvalue weighted by atomic mass is 35.5. The van der Waals surface area contributed by atoms with Gasteiger partial charge in [0, 0.05) is 12.0 Å². The molecule has 0 saturated heterocycles. The summed E-state index contributed by atoms with van der Waals surface area (Å²) >= 11 is 7.56. The molecule has 19 heavy (non-hydrogen) atoms. The fourth-order valence-corrected chi connectivity index (χ4v) is 2.73. The maximum Gasteiger partial charge on any atom is 0.133 e. The van der Waals surface area contributed by atoms with Gasteiger partial charge in [-0.05, 0) is 12.1 Å². The Hall–Kier alpha value is -1.26. The summed E-state index contributed by atoms with van der Waals surface area (Å²) in [6.45, 7) is 4.09. The number of hydrogen-bond donors (Lipinski definition) is 0. The fraction of sp³-hybridized carbons (Fsp3) is 0.286. The Balaban J connectivity index is 2.32. The van der Waals surface area contributed by atoms with Crippen LogP contribution in [0.4, 0.5) is 0 Å². The first-order chi connectivity index (χ1) is 9.10. The summed E-state index contributed by atoms with van der Waals surface area (Å²) in [4.78, 5) is 9.75. The van der Waals surface area contributed by atoms with Gasteiger partial charge in [0.05, 0.1) is 12.0 Å². The molecule has 2 aromatic rings. The van der Waals surface area contributed by atoms with Crippen LogP contribution >= 0.6 is 23.4 Å². The van der Waals surface area contributed by atoms with Crippen LogP contribution in [0.3, 0.4) is 0 Å². The molecule has 0 atom stereocenters. The minimum absolute atomic E-state index is 0.246. The van der Waals surface area contributed by atoms with E-state index in [9.17, 15) is 0 Å². The summed E-state index contributed by atoms with van der Waals surface area (Å²) < 4.78 is 5.33. The van der Waals surface area contributed by atoms with E-state index in [1.165, 1.54) is 11.8 Å². The van der Waals surface area contributed by atoms with E-state index < -0.39 is 0 Å². The van der Waals surface area contributed by atoms with Crippen molar-refractivity contribution in [2.45, 2.75) is 29.7 Å². The molecule has 2 rings (SSSR count). The van der Waals surface area contributed by atoms with Gasteiger partial charge in [-0.2, -0.15) is 0 Å². The Kier molecular flexibility index (Phi) is 4.66. The monoisotopic (exact) mass is 294 g/mol. The van der Waals surface area contributed by atoms with Crippen molar-refractivity contribution >= 4 is 23.4 Å². The average molecular weight is 295 g/mol. The lowest BCUT2D eigenvalue weighted by atomic mass is 10.2. The summed E-state index contributed by atoms with van der Waals surface area (Å²) in [6, 6.07) is 9.60. The van der Waals surface area contributed by atoms with Gasteiger partial charge in [-0.25, -0.2) is 9.97 Å². The van der Waals surface area contributed by atoms with Crippen molar-refractivity contribution in [3.8, 4) is 5.75 Å². The zero-order chi connectivity index (χ0) is 13.8. The summed E-state index contributed by atoms with van der Waals surface area (Å²) in [5, 5.41) is 1.30. The Morgan fingerprint density at radius 2 is 1.95 bits per heavy atom. The van der Waals surface area contributed by atoms with Crippen LogP contribution in [0.1, 0.15) is 25.6 Å². The molecule has 1 aromatic heterocycles. The number of ether oxygens (including phenoxy) is 1. The standard InChI is InChI=1S/C14H15ClN2OS/c1-9(2)14-16-12(15)8-13(17-14)19-11-7-5-4-6-10(11)18-3/h4-9H,1-3H3. The third-order valence-electron chi connectivity index (χ3n) is 2.49. The van der Waals surface area contributed by atoms with E-state index >= 15 is 0 Å². The van der Waals surface area contributed by atoms with Crippen molar-refractivity contribution in [1.82, 2.24) is 9.97 Å². The molecule has 0 amide bonds. The normalized spacial score (nSPS) is 10.8. The number of para-hydroxylation sites is 1. The number of halogens is 1. The molecule has 3 nitrogen and oxygen atoms in total. The van der Waals surface area contributed by atoms with Crippen molar-refractivity contribution < 1.29 is 4.74 Å². The van der Waals surface area contributed by atoms with E-state index in [2.05, 4.69) is 9.97 Å². The Labute approximate surface area is 122 Å². The van der Waals surface area contributed by atoms with Crippen LogP contribution in [0, 0.1) is 0 Å². The third-order valence-corrected chi connectivity index (χ3v) is 3.66. The van der Waals surface area contributed by atoms with Crippen molar-refractivity contribution in [2.75, 3.05) is 7.11 Å². The van der Waals surface area contributed by atoms with Gasteiger partial charge in [-0.15, -0.1) is 0 Å². The maximum absolute atomic E-state index is 6.04. The molecule has 0 aliphatic rings. The molecule has 5 heteroatoms. The van der Waals surface area contributed by atoms with Gasteiger partial charge in [0.25, 0.3) is 0 Å². The van der Waals surface area contributed by atoms with E-state index in [1.54, 1.807) is 13.2 Å². The number of rotatable bonds is 4. The van der Waals surface area contributed by atoms with Crippen LogP contribution in [0.2, 0.25) is 5.15 Å². The zero-order valence-corrected chi connectivity index (χ0v) is 12.6. The average Bonchev–Trinajstić information content (AvgIpc) is 2.38. The van der Waals surface area contributed by atoms with Gasteiger partial charge in [0.2, 0.25) is 0 Å². The molecule has 100 valence electrons. The molecule has 0 saturated carbocycles. The smallest absolute Gasteiger partial charge is 0.133 e. The van der Waals surface area contributed by atoms with Gasteiger partial charge in [-0.3, -0.25) is 0 Å². The van der Waals surface area contributed by atoms with Crippen LogP contribution < -0.4 is 4.74 Å². The minimum atomic E-state index is 0.246. The maximum atomic E-state index is 6.04. The van der Waals surface area contributed by atoms with Gasteiger partial charge in [0.1, 0.15) is 21.8 Å². The molecule has 0 radical (unpaired) electrons. The number of aromatic nitrogens is 2. The van der Waals surface area contributed by atoms with Crippen LogP contribution in [0.25, 0.3) is 0 Å². The molecule has 0 aliphatic heterocycles. The molecule has 0 spiro atoms. The second-order valence-electron chi connectivity index (χ2n) is 4.29. The van der Waals surface area contributed by atoms with Crippen molar-refractivity contribution in [1.29, 1.82) is 0 Å². The largest absolute Gasteiger partial charge is 0.496 e. The molecule has 0 N–H and O–H groups in total. The lowest BCUT2D eigenvalue weighted by molar-refractivity contribution is 0.405. The highest BCUT2D eigenvalue weighted by Gasteiger charge is 2.10. The molecule has 1 heterocycles. The molecule has 0 fully saturated rings. The zero-order valence-electron chi connectivity index (χ0n) is 11.1. The van der Waals surface area contributed by atoms with E-state index in [0.29, 0.717) is 5.15 Å². The minimum Gasteiger partial charge on any atom is -0.496 e. The molecule has 0 unspecified atom stereocenters. The van der Waals surface area contributed by atoms with E-state index in [1.807, 2.05) is 38.1 Å². The quantitative estimate of drug-likeness (QED) is 0.782. The van der Waals surface area contributed by atoms with Crippen molar-refractivity contribution in [3.63, 3.8) is 0 Å². The number of benzene rings is 1. The van der Waals surface area contributed by atoms with Crippen LogP contribution in [-0.4, -0.2) is 17.1 Å². The Morgan fingerprint density at radius 1 is 1.21 bits per heavy atom. The third kappa shape index (κ3) is 3.61. The molecular weight excluding hydrogens is 280 g/mol. The van der Waals surface area contributed by atoms with Gasteiger partial charge >= 0.3 is 0 Å². The van der Waals surface area contributed by atoms with Crippen molar-refractivity contribution in [2.24, 2.45) is 0 Å². The topological polar surface area (TPSA) is 35.0 Å². The Morgan fingerprint density at radius 3 is 2.63 bits per heavy atom. The SMILES string of the molecule is COc1ccccc1Sc1cc(Cl)nc(C(C)C)n1. The second kappa shape index (κ2) is 6.26. The van der Waals surface area contributed by atoms with E-state index in [0.717, 1.165) is 21.5 Å². The van der Waals surface area contributed by atoms with Crippen LogP contribution in [-0.2, 0) is 0 Å². The lowest BCUT2D eigenvalue weighted by Gasteiger charge is -2.09. The highest BCUT2D eigenvalue weighted by molar-refractivity contribution is 7.99. The van der Waals surface area contributed by atoms with Crippen LogP contribution in [0.5, 0.6) is 5.75 Å². The first kappa shape index (κ1) is 14.2. The van der Waals surface area contributed by atoms with Crippen molar-refractivity contribution in [3.05, 3.63) is 41.3 Å². The first-order valence-electron chi connectivity index (χ1n) is 5.95. The van der Waals surface area contributed by atoms with E-state index in [4.69, 9.17) is 16.3 Å². The molecular formula is C14H15ClN2OS. The predicted octanol–water partition coefficient (Wildman–Crippen LogP) is 4.41. The Bertz CT molecular complexity index is 575. The first-order valence-corrected chi connectivity index (χ1v) is 7.15. The molecule has 0 bridgehead atoms. The van der Waals surface area contributed by atoms with Gasteiger partial charge in [-0.1, -0.05) is 49.3 Å². The lowest BCUT2D eigenvalue weighted by Crippen LogP contribution is -1.98. The second-order valence-corrected chi connectivity index (χ2v) is 5.74. The van der Waals surface area contributed by atoms with Gasteiger partial charge < -0.3 is 4.74 Å². The predicted molar refractivity (Wildman–Crippen MR) is 78.2 cm³/mol. The van der Waals surface area contributed by atoms with Crippen LogP contribution in [0.15, 0.2) is 40.3 Å². The fourth-order valence-electron chi connectivity index (χ4n) is 1.54. The highest BCUT2D eigenvalue weighted by Crippen LogP contribution is 2.34. The molecule has 1 aromatic carbocycles. The number of hydrogen-bond acceptors (Lipinski definition) is 4. The summed E-state index contributed by atoms with van der Waals surface area (Å²) in [7, 11) is 1.66.